The number of carbonyl (C=O) groups excluding carboxylic acids is 1. The van der Waals surface area contributed by atoms with E-state index in [2.05, 4.69) is 28.8 Å². The fourth-order valence-electron chi connectivity index (χ4n) is 5.54. The molecule has 1 aliphatic carbocycles. The molecule has 1 aromatic heterocycles. The van der Waals surface area contributed by atoms with Gasteiger partial charge in [0.1, 0.15) is 5.82 Å². The maximum Gasteiger partial charge on any atom is 0.241 e. The predicted octanol–water partition coefficient (Wildman–Crippen LogP) is 6.06. The molecule has 1 amide bonds. The molecule has 0 radical (unpaired) electrons. The van der Waals surface area contributed by atoms with Gasteiger partial charge in [-0.25, -0.2) is 18.1 Å². The average molecular weight is 571 g/mol. The molecule has 5 rings (SSSR count). The number of nitrogens with zero attached hydrogens (tertiary/aromatic N) is 3. The van der Waals surface area contributed by atoms with Gasteiger partial charge in [-0.1, -0.05) is 67.9 Å². The second kappa shape index (κ2) is 12.0. The normalized spacial score (nSPS) is 16.5. The van der Waals surface area contributed by atoms with Gasteiger partial charge in [-0.05, 0) is 73.1 Å². The number of imidazole rings is 1. The number of carbonyl (C=O) groups is 1. The van der Waals surface area contributed by atoms with Crippen LogP contribution >= 0.6 is 0 Å². The first kappa shape index (κ1) is 28.8. The van der Waals surface area contributed by atoms with E-state index in [1.165, 1.54) is 0 Å². The Morgan fingerprint density at radius 3 is 2.49 bits per heavy atom. The number of aromatic nitrogens is 2. The second-order valence-corrected chi connectivity index (χ2v) is 12.8. The predicted molar refractivity (Wildman–Crippen MR) is 162 cm³/mol. The van der Waals surface area contributed by atoms with Crippen molar-refractivity contribution in [3.63, 3.8) is 0 Å². The van der Waals surface area contributed by atoms with Gasteiger partial charge in [-0.2, -0.15) is 0 Å². The lowest BCUT2D eigenvalue weighted by molar-refractivity contribution is -0.122. The number of sulfonamides is 1. The fourth-order valence-corrected chi connectivity index (χ4v) is 6.79. The molecule has 0 saturated heterocycles. The number of nitrogens with one attached hydrogen (secondary N) is 1. The van der Waals surface area contributed by atoms with Crippen molar-refractivity contribution >= 4 is 21.6 Å². The van der Waals surface area contributed by atoms with Gasteiger partial charge in [-0.15, -0.1) is 0 Å². The van der Waals surface area contributed by atoms with Gasteiger partial charge in [0.05, 0.1) is 11.4 Å². The molecule has 0 fully saturated rings. The molecule has 3 aromatic carbocycles. The molecule has 214 valence electrons. The summed E-state index contributed by atoms with van der Waals surface area (Å²) >= 11 is 0. The van der Waals surface area contributed by atoms with Crippen molar-refractivity contribution in [1.82, 2.24) is 14.3 Å². The van der Waals surface area contributed by atoms with Crippen molar-refractivity contribution in [2.75, 3.05) is 4.90 Å². The van der Waals surface area contributed by atoms with Crippen LogP contribution in [0.4, 0.5) is 5.69 Å². The van der Waals surface area contributed by atoms with Crippen LogP contribution in [-0.4, -0.2) is 23.9 Å². The van der Waals surface area contributed by atoms with Crippen LogP contribution in [0.1, 0.15) is 66.7 Å². The average Bonchev–Trinajstić information content (AvgIpc) is 3.39. The molecule has 7 nitrogen and oxygen atoms in total. The van der Waals surface area contributed by atoms with Crippen molar-refractivity contribution in [1.29, 1.82) is 0 Å². The van der Waals surface area contributed by atoms with Crippen molar-refractivity contribution in [3.8, 4) is 0 Å². The number of benzene rings is 3. The summed E-state index contributed by atoms with van der Waals surface area (Å²) in [5, 5.41) is 0. The third-order valence-corrected chi connectivity index (χ3v) is 9.82. The zero-order valence-electron chi connectivity index (χ0n) is 24.1. The maximum atomic E-state index is 14.2. The van der Waals surface area contributed by atoms with Crippen LogP contribution in [0.15, 0.2) is 90.1 Å². The van der Waals surface area contributed by atoms with Crippen molar-refractivity contribution < 1.29 is 13.2 Å². The van der Waals surface area contributed by atoms with E-state index in [4.69, 9.17) is 0 Å². The van der Waals surface area contributed by atoms with E-state index in [1.807, 2.05) is 68.1 Å². The Labute approximate surface area is 243 Å². The minimum atomic E-state index is -3.71. The van der Waals surface area contributed by atoms with E-state index < -0.39 is 10.0 Å². The quantitative estimate of drug-likeness (QED) is 0.265. The van der Waals surface area contributed by atoms with Crippen LogP contribution < -0.4 is 9.62 Å². The zero-order valence-corrected chi connectivity index (χ0v) is 24.9. The number of amides is 1. The molecule has 0 bridgehead atoms. The number of aryl methyl sites for hydroxylation is 3. The standard InChI is InChI=1S/C33H38N4O3S/c1-23-13-17-29(18-14-23)41(39,40)35-31-12-8-11-27-15-16-28(21-30(27)31)37(22-32-34-19-20-36(32)4)33(38)25(3)24(2)26-9-6-5-7-10-26/h5-7,9-10,13-21,24-25,31,35H,8,11-12,22H2,1-4H3. The molecular weight excluding hydrogens is 532 g/mol. The molecule has 41 heavy (non-hydrogen) atoms. The molecule has 4 aromatic rings. The number of hydrogen-bond acceptors (Lipinski definition) is 4. The van der Waals surface area contributed by atoms with Gasteiger partial charge < -0.3 is 9.47 Å². The third kappa shape index (κ3) is 6.29. The van der Waals surface area contributed by atoms with Crippen LogP contribution in [0.2, 0.25) is 0 Å². The van der Waals surface area contributed by atoms with Crippen molar-refractivity contribution in [2.45, 2.75) is 63.4 Å². The molecule has 1 aliphatic rings. The highest BCUT2D eigenvalue weighted by Gasteiger charge is 2.31. The highest BCUT2D eigenvalue weighted by molar-refractivity contribution is 7.89. The summed E-state index contributed by atoms with van der Waals surface area (Å²) in [6.45, 7) is 6.30. The summed E-state index contributed by atoms with van der Waals surface area (Å²) in [6.07, 6.45) is 6.05. The summed E-state index contributed by atoms with van der Waals surface area (Å²) in [6, 6.07) is 22.6. The largest absolute Gasteiger partial charge is 0.337 e. The fraction of sp³-hybridized carbons (Fsp3) is 0.333. The summed E-state index contributed by atoms with van der Waals surface area (Å²) in [5.41, 5.74) is 4.88. The van der Waals surface area contributed by atoms with E-state index in [9.17, 15) is 13.2 Å². The van der Waals surface area contributed by atoms with Crippen LogP contribution in [0.5, 0.6) is 0 Å². The number of hydrogen-bond donors (Lipinski definition) is 1. The lowest BCUT2D eigenvalue weighted by Crippen LogP contribution is -2.38. The Morgan fingerprint density at radius 1 is 1.07 bits per heavy atom. The van der Waals surface area contributed by atoms with Gasteiger partial charge in [0, 0.05) is 37.1 Å². The minimum Gasteiger partial charge on any atom is -0.337 e. The summed E-state index contributed by atoms with van der Waals surface area (Å²) in [4.78, 5) is 20.7. The first-order valence-electron chi connectivity index (χ1n) is 14.2. The highest BCUT2D eigenvalue weighted by atomic mass is 32.2. The van der Waals surface area contributed by atoms with Gasteiger partial charge in [-0.3, -0.25) is 4.79 Å². The Balaban J connectivity index is 1.49. The van der Waals surface area contributed by atoms with Gasteiger partial charge >= 0.3 is 0 Å². The molecule has 8 heteroatoms. The van der Waals surface area contributed by atoms with E-state index in [-0.39, 0.29) is 28.7 Å². The Kier molecular flexibility index (Phi) is 8.42. The zero-order chi connectivity index (χ0) is 29.1. The molecule has 0 saturated carbocycles. The Hall–Kier alpha value is -3.75. The van der Waals surface area contributed by atoms with E-state index in [0.29, 0.717) is 13.0 Å². The Morgan fingerprint density at radius 2 is 1.80 bits per heavy atom. The van der Waals surface area contributed by atoms with E-state index in [0.717, 1.165) is 46.6 Å². The number of anilines is 1. The molecule has 1 heterocycles. The molecule has 3 atom stereocenters. The van der Waals surface area contributed by atoms with Gasteiger partial charge in [0.2, 0.25) is 15.9 Å². The summed E-state index contributed by atoms with van der Waals surface area (Å²) in [7, 11) is -1.79. The van der Waals surface area contributed by atoms with Crippen molar-refractivity contribution in [3.05, 3.63) is 113 Å². The summed E-state index contributed by atoms with van der Waals surface area (Å²) < 4.78 is 31.5. The molecule has 1 N–H and O–H groups in total. The Bertz CT molecular complexity index is 1610. The lowest BCUT2D eigenvalue weighted by atomic mass is 9.86. The van der Waals surface area contributed by atoms with Crippen LogP contribution in [0, 0.1) is 12.8 Å². The molecular formula is C33H38N4O3S. The van der Waals surface area contributed by atoms with Crippen LogP contribution in [-0.2, 0) is 34.8 Å². The van der Waals surface area contributed by atoms with Crippen LogP contribution in [0.25, 0.3) is 0 Å². The number of rotatable bonds is 9. The molecule has 0 aliphatic heterocycles. The molecule has 3 unspecified atom stereocenters. The van der Waals surface area contributed by atoms with E-state index in [1.54, 1.807) is 35.4 Å². The first-order valence-corrected chi connectivity index (χ1v) is 15.7. The highest BCUT2D eigenvalue weighted by Crippen LogP contribution is 2.36. The lowest BCUT2D eigenvalue weighted by Gasteiger charge is -2.31. The number of fused-ring (bicyclic) bond motifs is 1. The first-order chi connectivity index (χ1) is 19.6. The second-order valence-electron chi connectivity index (χ2n) is 11.1. The third-order valence-electron chi connectivity index (χ3n) is 8.34. The van der Waals surface area contributed by atoms with Gasteiger partial charge in [0.15, 0.2) is 0 Å². The smallest absolute Gasteiger partial charge is 0.241 e. The molecule has 0 spiro atoms. The topological polar surface area (TPSA) is 84.3 Å². The maximum absolute atomic E-state index is 14.2. The monoisotopic (exact) mass is 570 g/mol. The summed E-state index contributed by atoms with van der Waals surface area (Å²) in [5.74, 6) is 0.493. The van der Waals surface area contributed by atoms with Gasteiger partial charge in [0.25, 0.3) is 0 Å². The van der Waals surface area contributed by atoms with Crippen molar-refractivity contribution in [2.24, 2.45) is 13.0 Å². The SMILES string of the molecule is Cc1ccc(S(=O)(=O)NC2CCCc3ccc(N(Cc4nccn4C)C(=O)C(C)C(C)c4ccccc4)cc32)cc1. The van der Waals surface area contributed by atoms with Crippen LogP contribution in [0.3, 0.4) is 0 Å². The van der Waals surface area contributed by atoms with E-state index >= 15 is 0 Å². The minimum absolute atomic E-state index is 0.00287.